The van der Waals surface area contributed by atoms with Gasteiger partial charge < -0.3 is 8.83 Å². The summed E-state index contributed by atoms with van der Waals surface area (Å²) in [6, 6.07) is 134. The van der Waals surface area contributed by atoms with Crippen LogP contribution in [0.1, 0.15) is 33.4 Å². The van der Waals surface area contributed by atoms with E-state index in [1.807, 2.05) is 12.1 Å². The molecule has 132 heavy (non-hydrogen) atoms. The summed E-state index contributed by atoms with van der Waals surface area (Å²) in [6.45, 7) is 12.6. The van der Waals surface area contributed by atoms with Crippen molar-refractivity contribution in [2.24, 2.45) is 0 Å². The monoisotopic (exact) mass is 1690 g/mol. The molecule has 0 saturated heterocycles. The lowest BCUT2D eigenvalue weighted by molar-refractivity contribution is 0.669. The van der Waals surface area contributed by atoms with Crippen LogP contribution in [0.3, 0.4) is 0 Å². The highest BCUT2D eigenvalue weighted by Crippen LogP contribution is 2.51. The van der Waals surface area contributed by atoms with E-state index < -0.39 is 0 Å². The van der Waals surface area contributed by atoms with Gasteiger partial charge in [-0.3, -0.25) is 0 Å². The highest BCUT2D eigenvalue weighted by Gasteiger charge is 2.27. The minimum Gasteiger partial charge on any atom is -0.456 e. The number of fused-ring (bicyclic) bond motifs is 24. The molecule has 0 aliphatic carbocycles. The molecule has 0 atom stereocenters. The van der Waals surface area contributed by atoms with Crippen molar-refractivity contribution in [3.05, 3.63) is 409 Å². The van der Waals surface area contributed by atoms with Gasteiger partial charge in [0.1, 0.15) is 22.3 Å². The zero-order valence-electron chi connectivity index (χ0n) is 73.2. The third-order valence-corrected chi connectivity index (χ3v) is 26.4. The lowest BCUT2D eigenvalue weighted by Crippen LogP contribution is -2.01. The van der Waals surface area contributed by atoms with Crippen LogP contribution in [-0.2, 0) is 0 Å². The van der Waals surface area contributed by atoms with Gasteiger partial charge in [0.2, 0.25) is 0 Å². The van der Waals surface area contributed by atoms with Gasteiger partial charge in [-0.25, -0.2) is 39.9 Å². The Hall–Kier alpha value is -17.1. The van der Waals surface area contributed by atoms with Crippen LogP contribution in [0.5, 0.6) is 0 Å². The van der Waals surface area contributed by atoms with Crippen LogP contribution in [0.25, 0.3) is 265 Å². The number of rotatable bonds is 10. The van der Waals surface area contributed by atoms with Gasteiger partial charge in [0.05, 0.1) is 22.4 Å². The number of hydrogen-bond donors (Lipinski definition) is 0. The van der Waals surface area contributed by atoms with Crippen LogP contribution in [-0.4, -0.2) is 39.9 Å². The maximum absolute atomic E-state index is 6.78. The second kappa shape index (κ2) is 30.9. The molecule has 0 aliphatic heterocycles. The largest absolute Gasteiger partial charge is 0.456 e. The Kier molecular flexibility index (Phi) is 18.1. The molecule has 0 unspecified atom stereocenters. The first-order valence-electron chi connectivity index (χ1n) is 44.9. The molecule has 6 heterocycles. The van der Waals surface area contributed by atoms with Crippen molar-refractivity contribution in [3.8, 4) is 113 Å². The van der Waals surface area contributed by atoms with E-state index in [-0.39, 0.29) is 0 Å². The smallest absolute Gasteiger partial charge is 0.164 e. The van der Waals surface area contributed by atoms with Gasteiger partial charge in [-0.2, -0.15) is 0 Å². The number of para-hydroxylation sites is 4. The van der Waals surface area contributed by atoms with Crippen molar-refractivity contribution >= 4 is 152 Å². The Morgan fingerprint density at radius 1 is 0.152 bits per heavy atom. The molecule has 0 radical (unpaired) electrons. The molecule has 0 N–H and O–H groups in total. The summed E-state index contributed by atoms with van der Waals surface area (Å²) < 4.78 is 13.5. The Balaban J connectivity index is 0.000000142. The Morgan fingerprint density at radius 3 is 0.727 bits per heavy atom. The van der Waals surface area contributed by atoms with Gasteiger partial charge in [-0.05, 0) is 190 Å². The fourth-order valence-electron chi connectivity index (χ4n) is 20.5. The van der Waals surface area contributed by atoms with Crippen LogP contribution in [0, 0.1) is 41.5 Å². The van der Waals surface area contributed by atoms with Crippen molar-refractivity contribution < 1.29 is 8.83 Å². The highest BCUT2D eigenvalue weighted by atomic mass is 16.3. The number of benzene rings is 20. The minimum absolute atomic E-state index is 0.614. The van der Waals surface area contributed by atoms with Crippen LogP contribution < -0.4 is 0 Å². The number of aryl methyl sites for hydroxylation is 6. The Labute approximate surface area is 759 Å². The van der Waals surface area contributed by atoms with Gasteiger partial charge in [0, 0.05) is 109 Å². The summed E-state index contributed by atoms with van der Waals surface area (Å²) in [4.78, 5) is 41.5. The molecule has 20 aromatic carbocycles. The first kappa shape index (κ1) is 77.3. The van der Waals surface area contributed by atoms with Crippen molar-refractivity contribution in [1.29, 1.82) is 0 Å². The van der Waals surface area contributed by atoms with Crippen LogP contribution in [0.15, 0.2) is 385 Å². The highest BCUT2D eigenvalue weighted by molar-refractivity contribution is 6.32. The molecule has 26 rings (SSSR count). The SMILES string of the molecule is Cc1cc(C)cc(-c2nc(-c3ccc(-c4c5c(cc6c(-c7ccc8c9ccccc9c9ccccc9c8c7)nc7ccccc7c46)oc4ccccc45)cc3)nc(-c3cc(C)cc(C)c3)n2)c1.Cc1ccc(-c2nc(-c3ccc(C)cc3)nc(-c3ccc(-c4c5c(cc6c(-c7ccc8c9ccccc9c9ccccc9c8c7)nc7ccccc7c46)oc4ccccc45)cc3)n2)cc1. The molecule has 0 amide bonds. The van der Waals surface area contributed by atoms with Gasteiger partial charge >= 0.3 is 0 Å². The average molecular weight is 1690 g/mol. The molecule has 0 spiro atoms. The van der Waals surface area contributed by atoms with Crippen molar-refractivity contribution in [2.75, 3.05) is 0 Å². The van der Waals surface area contributed by atoms with E-state index in [9.17, 15) is 0 Å². The standard InChI is InChI=1S/C62H42N4O.C60H38N4O/c1-35-27-36(2)30-42(29-35)61-64-60(65-62(66-61)43-31-37(3)28-38(4)32-43)40-23-21-39(22-24-40)56-57-49-17-9-11-19-53(49)63-59(52(57)34-55-58(56)50-18-10-12-20-54(50)67-55)41-25-26-48-46-15-6-5-13-44(46)45-14-7-8-16-47(45)51(48)33-41;1-35-19-23-38(24-20-35)58-62-59(39-25-21-36(2)22-26-39)64-60(63-58)40-29-27-37(28-30-40)54-55-47-15-7-9-17-51(47)61-57(50(55)34-53-56(54)48-16-8-10-18-52(48)65-53)41-31-32-46-44-13-4-3-11-42(44)43-12-5-6-14-45(43)49(46)33-41/h5-34H,1-4H3;3-34H,1-2H3. The quantitative estimate of drug-likeness (QED) is 0.122. The van der Waals surface area contributed by atoms with Crippen molar-refractivity contribution in [1.82, 2.24) is 39.9 Å². The van der Waals surface area contributed by atoms with Crippen LogP contribution >= 0.6 is 0 Å². The first-order valence-corrected chi connectivity index (χ1v) is 44.9. The molecule has 10 heteroatoms. The third kappa shape index (κ3) is 13.1. The maximum Gasteiger partial charge on any atom is 0.164 e. The van der Waals surface area contributed by atoms with Gasteiger partial charge in [-0.1, -0.05) is 337 Å². The minimum atomic E-state index is 0.614. The molecule has 26 aromatic rings. The number of hydrogen-bond acceptors (Lipinski definition) is 10. The van der Waals surface area contributed by atoms with E-state index in [4.69, 9.17) is 48.7 Å². The summed E-state index contributed by atoms with van der Waals surface area (Å²) in [5.74, 6) is 3.81. The zero-order chi connectivity index (χ0) is 88.1. The van der Waals surface area contributed by atoms with E-state index in [2.05, 4.69) is 406 Å². The summed E-state index contributed by atoms with van der Waals surface area (Å²) in [5, 5.41) is 25.6. The van der Waals surface area contributed by atoms with Crippen molar-refractivity contribution in [3.63, 3.8) is 0 Å². The number of pyridine rings is 2. The second-order valence-electron chi connectivity index (χ2n) is 35.2. The molecular formula is C122H80N8O2. The number of furan rings is 2. The van der Waals surface area contributed by atoms with Crippen LogP contribution in [0.2, 0.25) is 0 Å². The summed E-state index contributed by atoms with van der Waals surface area (Å²) >= 11 is 0. The summed E-state index contributed by atoms with van der Waals surface area (Å²) in [7, 11) is 0. The lowest BCUT2D eigenvalue weighted by Gasteiger charge is -2.17. The summed E-state index contributed by atoms with van der Waals surface area (Å²) in [5.41, 5.74) is 26.1. The molecule has 620 valence electrons. The van der Waals surface area contributed by atoms with E-state index in [1.165, 1.54) is 75.8 Å². The normalized spacial score (nSPS) is 11.9. The lowest BCUT2D eigenvalue weighted by atomic mass is 9.88. The predicted molar refractivity (Wildman–Crippen MR) is 548 cm³/mol. The van der Waals surface area contributed by atoms with E-state index in [0.717, 1.165) is 188 Å². The number of nitrogens with zero attached hydrogens (tertiary/aromatic N) is 8. The zero-order valence-corrected chi connectivity index (χ0v) is 73.2. The Bertz CT molecular complexity index is 9100. The van der Waals surface area contributed by atoms with Crippen molar-refractivity contribution in [2.45, 2.75) is 41.5 Å². The fourth-order valence-corrected chi connectivity index (χ4v) is 20.5. The van der Waals surface area contributed by atoms with Gasteiger partial charge in [0.25, 0.3) is 0 Å². The summed E-state index contributed by atoms with van der Waals surface area (Å²) in [6.07, 6.45) is 0. The van der Waals surface area contributed by atoms with E-state index in [1.54, 1.807) is 0 Å². The molecule has 0 saturated carbocycles. The average Bonchev–Trinajstić information content (AvgIpc) is 1.43. The maximum atomic E-state index is 6.78. The third-order valence-electron chi connectivity index (χ3n) is 26.4. The molecule has 0 aliphatic rings. The molecule has 0 fully saturated rings. The van der Waals surface area contributed by atoms with E-state index in [0.29, 0.717) is 34.9 Å². The fraction of sp³-hybridized carbons (Fsp3) is 0.0492. The number of aromatic nitrogens is 8. The molecule has 0 bridgehead atoms. The first-order chi connectivity index (χ1) is 64.8. The van der Waals surface area contributed by atoms with Gasteiger partial charge in [0.15, 0.2) is 34.9 Å². The van der Waals surface area contributed by atoms with Gasteiger partial charge in [-0.15, -0.1) is 0 Å². The predicted octanol–water partition coefficient (Wildman–Crippen LogP) is 32.4. The topological polar surface area (TPSA) is 129 Å². The Morgan fingerprint density at radius 2 is 0.402 bits per heavy atom. The molecular weight excluding hydrogens is 1610 g/mol. The van der Waals surface area contributed by atoms with E-state index >= 15 is 0 Å². The van der Waals surface area contributed by atoms with Crippen LogP contribution in [0.4, 0.5) is 0 Å². The second-order valence-corrected chi connectivity index (χ2v) is 35.2. The molecule has 6 aromatic heterocycles. The molecule has 10 nitrogen and oxygen atoms in total.